The molecule has 0 aromatic heterocycles. The second-order valence-corrected chi connectivity index (χ2v) is 4.61. The number of hydrogen-bond donors (Lipinski definition) is 4. The molecule has 0 aliphatic rings. The lowest BCUT2D eigenvalue weighted by atomic mass is 10.0. The minimum absolute atomic E-state index is 0.155. The van der Waals surface area contributed by atoms with Crippen molar-refractivity contribution in [2.45, 2.75) is 12.8 Å². The van der Waals surface area contributed by atoms with Crippen LogP contribution in [0.25, 0.3) is 0 Å². The van der Waals surface area contributed by atoms with Crippen molar-refractivity contribution in [2.75, 3.05) is 40.5 Å². The maximum Gasteiger partial charge on any atom is 0.332 e. The van der Waals surface area contributed by atoms with E-state index in [4.69, 9.17) is 19.7 Å². The minimum atomic E-state index is -1.57. The van der Waals surface area contributed by atoms with E-state index in [1.54, 1.807) is 0 Å². The van der Waals surface area contributed by atoms with Gasteiger partial charge in [-0.3, -0.25) is 9.59 Å². The normalized spacial score (nSPS) is 11.4. The van der Waals surface area contributed by atoms with Crippen molar-refractivity contribution < 1.29 is 38.9 Å². The molecular formula is C14H22N2O8. The van der Waals surface area contributed by atoms with Crippen LogP contribution in [0, 0.1) is 0 Å². The van der Waals surface area contributed by atoms with Gasteiger partial charge < -0.3 is 30.3 Å². The van der Waals surface area contributed by atoms with E-state index in [0.717, 1.165) is 0 Å². The molecule has 0 atom stereocenters. The molecule has 0 radical (unpaired) electrons. The third-order valence-electron chi connectivity index (χ3n) is 2.81. The van der Waals surface area contributed by atoms with E-state index >= 15 is 0 Å². The summed E-state index contributed by atoms with van der Waals surface area (Å²) in [6.07, 6.45) is -1.32. The van der Waals surface area contributed by atoms with Crippen LogP contribution in [0.1, 0.15) is 12.8 Å². The highest BCUT2D eigenvalue weighted by Gasteiger charge is 2.24. The first kappa shape index (κ1) is 21.5. The minimum Gasteiger partial charge on any atom is -0.478 e. The van der Waals surface area contributed by atoms with Gasteiger partial charge in [0.25, 0.3) is 0 Å². The van der Waals surface area contributed by atoms with Crippen LogP contribution in [0.4, 0.5) is 0 Å². The molecule has 0 saturated heterocycles. The van der Waals surface area contributed by atoms with Crippen LogP contribution < -0.4 is 10.6 Å². The molecule has 0 heterocycles. The summed E-state index contributed by atoms with van der Waals surface area (Å²) in [5.41, 5.74) is -1.28. The van der Waals surface area contributed by atoms with E-state index in [1.807, 2.05) is 0 Å². The van der Waals surface area contributed by atoms with Crippen LogP contribution in [-0.2, 0) is 28.7 Å². The Balaban J connectivity index is 5.08. The summed E-state index contributed by atoms with van der Waals surface area (Å²) in [5, 5.41) is 23.1. The average Bonchev–Trinajstić information content (AvgIpc) is 2.50. The fourth-order valence-electron chi connectivity index (χ4n) is 1.65. The predicted octanol–water partition coefficient (Wildman–Crippen LogP) is -1.24. The Kier molecular flexibility index (Phi) is 10.8. The number of carboxylic acids is 2. The molecule has 2 amide bonds. The fraction of sp³-hybridized carbons (Fsp3) is 0.571. The zero-order chi connectivity index (χ0) is 18.5. The molecule has 0 fully saturated rings. The Labute approximate surface area is 138 Å². The van der Waals surface area contributed by atoms with Crippen LogP contribution >= 0.6 is 0 Å². The highest BCUT2D eigenvalue weighted by molar-refractivity contribution is 6.04. The van der Waals surface area contributed by atoms with Crippen molar-refractivity contribution >= 4 is 23.8 Å². The summed E-state index contributed by atoms with van der Waals surface area (Å²) < 4.78 is 9.46. The summed E-state index contributed by atoms with van der Waals surface area (Å²) in [6, 6.07) is 0. The fourth-order valence-corrected chi connectivity index (χ4v) is 1.65. The first-order valence-corrected chi connectivity index (χ1v) is 7.03. The van der Waals surface area contributed by atoms with Gasteiger partial charge in [-0.05, 0) is 0 Å². The number of hydrogen-bond acceptors (Lipinski definition) is 6. The van der Waals surface area contributed by atoms with Crippen LogP contribution in [0.5, 0.6) is 0 Å². The van der Waals surface area contributed by atoms with Crippen molar-refractivity contribution in [1.29, 1.82) is 0 Å². The largest absolute Gasteiger partial charge is 0.478 e. The summed E-state index contributed by atoms with van der Waals surface area (Å²) in [7, 11) is 2.86. The Morgan fingerprint density at radius 3 is 1.33 bits per heavy atom. The van der Waals surface area contributed by atoms with Crippen molar-refractivity contribution in [3.05, 3.63) is 11.1 Å². The maximum atomic E-state index is 11.7. The van der Waals surface area contributed by atoms with Crippen LogP contribution in [0.2, 0.25) is 0 Å². The molecule has 24 heavy (non-hydrogen) atoms. The van der Waals surface area contributed by atoms with Gasteiger partial charge in [-0.2, -0.15) is 0 Å². The number of carbonyl (C=O) groups excluding carboxylic acids is 2. The lowest BCUT2D eigenvalue weighted by molar-refractivity contribution is -0.137. The molecule has 0 saturated carbocycles. The van der Waals surface area contributed by atoms with Crippen molar-refractivity contribution in [2.24, 2.45) is 0 Å². The lowest BCUT2D eigenvalue weighted by Gasteiger charge is -2.10. The molecule has 0 unspecified atom stereocenters. The standard InChI is InChI=1S/C14H22N2O8/c1-23-5-3-15-11(17)7-9(13(19)20)10(14(21)22)8-12(18)16-4-6-24-2/h3-8H2,1-2H3,(H,15,17)(H,16,18)(H,19,20)(H,21,22)/b10-9+. The zero-order valence-corrected chi connectivity index (χ0v) is 13.6. The lowest BCUT2D eigenvalue weighted by Crippen LogP contribution is -2.31. The molecule has 10 nitrogen and oxygen atoms in total. The molecule has 0 spiro atoms. The molecule has 136 valence electrons. The topological polar surface area (TPSA) is 151 Å². The number of carboxylic acid groups (broad SMARTS) is 2. The van der Waals surface area contributed by atoms with Gasteiger partial charge in [0.15, 0.2) is 0 Å². The highest BCUT2D eigenvalue weighted by Crippen LogP contribution is 2.14. The number of amides is 2. The smallest absolute Gasteiger partial charge is 0.332 e. The van der Waals surface area contributed by atoms with Crippen LogP contribution in [0.15, 0.2) is 11.1 Å². The molecule has 4 N–H and O–H groups in total. The Hall–Kier alpha value is -2.46. The summed E-state index contributed by atoms with van der Waals surface area (Å²) in [4.78, 5) is 45.9. The van der Waals surface area contributed by atoms with Gasteiger partial charge in [0.2, 0.25) is 11.8 Å². The first-order valence-electron chi connectivity index (χ1n) is 7.03. The van der Waals surface area contributed by atoms with Gasteiger partial charge in [-0.1, -0.05) is 0 Å². The molecule has 0 aliphatic heterocycles. The van der Waals surface area contributed by atoms with Crippen LogP contribution in [0.3, 0.4) is 0 Å². The summed E-state index contributed by atoms with van der Waals surface area (Å²) in [5.74, 6) is -4.50. The summed E-state index contributed by atoms with van der Waals surface area (Å²) in [6.45, 7) is 0.765. The second-order valence-electron chi connectivity index (χ2n) is 4.61. The average molecular weight is 346 g/mol. The predicted molar refractivity (Wildman–Crippen MR) is 81.3 cm³/mol. The molecule has 0 aromatic carbocycles. The van der Waals surface area contributed by atoms with Crippen molar-refractivity contribution in [3.8, 4) is 0 Å². The number of ether oxygens (including phenoxy) is 2. The Morgan fingerprint density at radius 2 is 1.08 bits per heavy atom. The quantitative estimate of drug-likeness (QED) is 0.253. The monoisotopic (exact) mass is 346 g/mol. The van der Waals surface area contributed by atoms with E-state index in [-0.39, 0.29) is 26.3 Å². The van der Waals surface area contributed by atoms with E-state index < -0.39 is 47.7 Å². The van der Waals surface area contributed by atoms with Gasteiger partial charge in [0.1, 0.15) is 0 Å². The maximum absolute atomic E-state index is 11.7. The van der Waals surface area contributed by atoms with Crippen LogP contribution in [-0.4, -0.2) is 74.5 Å². The van der Waals surface area contributed by atoms with Gasteiger partial charge in [0, 0.05) is 27.3 Å². The molecule has 0 bridgehead atoms. The molecule has 0 aromatic rings. The van der Waals surface area contributed by atoms with E-state index in [1.165, 1.54) is 14.2 Å². The molecule has 0 aliphatic carbocycles. The summed E-state index contributed by atoms with van der Waals surface area (Å²) >= 11 is 0. The third-order valence-corrected chi connectivity index (χ3v) is 2.81. The van der Waals surface area contributed by atoms with E-state index in [9.17, 15) is 19.2 Å². The van der Waals surface area contributed by atoms with Gasteiger partial charge in [0.05, 0.1) is 37.2 Å². The Morgan fingerprint density at radius 1 is 0.750 bits per heavy atom. The number of carbonyl (C=O) groups is 4. The second kappa shape index (κ2) is 12.0. The van der Waals surface area contributed by atoms with Gasteiger partial charge in [-0.25, -0.2) is 9.59 Å². The number of methoxy groups -OCH3 is 2. The zero-order valence-electron chi connectivity index (χ0n) is 13.6. The van der Waals surface area contributed by atoms with Crippen molar-refractivity contribution in [1.82, 2.24) is 10.6 Å². The Bertz CT molecular complexity index is 457. The molecular weight excluding hydrogens is 324 g/mol. The van der Waals surface area contributed by atoms with Gasteiger partial charge >= 0.3 is 11.9 Å². The number of nitrogens with one attached hydrogen (secondary N) is 2. The third kappa shape index (κ3) is 8.86. The number of rotatable bonds is 12. The van der Waals surface area contributed by atoms with E-state index in [2.05, 4.69) is 10.6 Å². The highest BCUT2D eigenvalue weighted by atomic mass is 16.5. The molecule has 10 heteroatoms. The van der Waals surface area contributed by atoms with Crippen molar-refractivity contribution in [3.63, 3.8) is 0 Å². The first-order chi connectivity index (χ1) is 11.3. The van der Waals surface area contributed by atoms with Gasteiger partial charge in [-0.15, -0.1) is 0 Å². The van der Waals surface area contributed by atoms with E-state index in [0.29, 0.717) is 0 Å². The SMILES string of the molecule is COCCNC(=O)C/C(C(=O)O)=C(/CC(=O)NCCOC)C(=O)O. The molecule has 0 rings (SSSR count). The number of aliphatic carboxylic acids is 2.